The highest BCUT2D eigenvalue weighted by atomic mass is 16.2. The quantitative estimate of drug-likeness (QED) is 0.415. The first-order valence-corrected chi connectivity index (χ1v) is 12.5. The number of nitrogens with zero attached hydrogens (tertiary/aromatic N) is 4. The fourth-order valence-corrected chi connectivity index (χ4v) is 5.24. The number of aromatic nitrogens is 3. The number of likely N-dealkylation sites (tertiary alicyclic amines) is 1. The largest absolute Gasteiger partial charge is 0.369 e. The zero-order chi connectivity index (χ0) is 25.2. The first-order valence-electron chi connectivity index (χ1n) is 12.5. The number of amides is 2. The molecule has 0 spiro atoms. The molecule has 1 unspecified atom stereocenters. The van der Waals surface area contributed by atoms with E-state index in [1.54, 1.807) is 0 Å². The van der Waals surface area contributed by atoms with E-state index in [0.29, 0.717) is 25.9 Å². The highest BCUT2D eigenvalue weighted by Gasteiger charge is 2.24. The van der Waals surface area contributed by atoms with E-state index in [2.05, 4.69) is 10.2 Å². The van der Waals surface area contributed by atoms with E-state index >= 15 is 0 Å². The number of primary amides is 1. The molecule has 2 aromatic carbocycles. The van der Waals surface area contributed by atoms with Crippen molar-refractivity contribution in [2.24, 2.45) is 11.7 Å². The van der Waals surface area contributed by atoms with Crippen molar-refractivity contribution < 1.29 is 9.59 Å². The summed E-state index contributed by atoms with van der Waals surface area (Å²) < 4.78 is 1.89. The number of hydrogen-bond acceptors (Lipinski definition) is 5. The monoisotopic (exact) mass is 484 g/mol. The molecule has 0 radical (unpaired) electrons. The summed E-state index contributed by atoms with van der Waals surface area (Å²) in [5.41, 5.74) is 12.1. The highest BCUT2D eigenvalue weighted by molar-refractivity contribution is 5.93. The van der Waals surface area contributed by atoms with Crippen LogP contribution in [0.5, 0.6) is 0 Å². The Bertz CT molecular complexity index is 1440. The molecule has 5 rings (SSSR count). The summed E-state index contributed by atoms with van der Waals surface area (Å²) in [6.45, 7) is 6.28. The molecule has 0 bridgehead atoms. The number of benzene rings is 2. The molecule has 0 saturated carbocycles. The van der Waals surface area contributed by atoms with Gasteiger partial charge in [-0.05, 0) is 69.0 Å². The number of para-hydroxylation sites is 1. The van der Waals surface area contributed by atoms with Crippen LogP contribution in [0.3, 0.4) is 0 Å². The summed E-state index contributed by atoms with van der Waals surface area (Å²) in [6.07, 6.45) is 2.72. The van der Waals surface area contributed by atoms with E-state index < -0.39 is 0 Å². The van der Waals surface area contributed by atoms with E-state index in [9.17, 15) is 9.59 Å². The van der Waals surface area contributed by atoms with Crippen molar-refractivity contribution in [1.82, 2.24) is 19.5 Å². The van der Waals surface area contributed by atoms with Gasteiger partial charge in [0, 0.05) is 42.0 Å². The van der Waals surface area contributed by atoms with Crippen LogP contribution in [0.2, 0.25) is 0 Å². The minimum atomic E-state index is -0.234. The SMILES string of the molecule is Cc1nc2c3ccccc3nn2c(C)c1CCC(=O)Nc1ccccc1CN1CCCC(C(N)=O)C1. The molecule has 8 nitrogen and oxygen atoms in total. The lowest BCUT2D eigenvalue weighted by Gasteiger charge is -2.31. The van der Waals surface area contributed by atoms with Gasteiger partial charge in [0.25, 0.3) is 0 Å². The number of aryl methyl sites for hydroxylation is 2. The number of fused-ring (bicyclic) bond motifs is 3. The van der Waals surface area contributed by atoms with Crippen LogP contribution in [0, 0.1) is 19.8 Å². The molecule has 3 N–H and O–H groups in total. The standard InChI is InChI=1S/C28H32N6O2/c1-18-22(19(2)34-28(30-18)23-10-4-6-12-25(23)32-34)13-14-26(35)31-24-11-5-3-8-20(24)16-33-15-7-9-21(17-33)27(29)36/h3-6,8,10-12,21H,7,9,13-17H2,1-2H3,(H2,29,36)(H,31,35). The smallest absolute Gasteiger partial charge is 0.224 e. The fraction of sp³-hybridized carbons (Fsp3) is 0.357. The van der Waals surface area contributed by atoms with Crippen LogP contribution < -0.4 is 11.1 Å². The first kappa shape index (κ1) is 23.9. The summed E-state index contributed by atoms with van der Waals surface area (Å²) in [6, 6.07) is 15.8. The molecule has 1 aliphatic heterocycles. The third kappa shape index (κ3) is 4.81. The molecule has 186 valence electrons. The lowest BCUT2D eigenvalue weighted by Crippen LogP contribution is -2.40. The van der Waals surface area contributed by atoms with Crippen LogP contribution in [0.1, 0.15) is 41.8 Å². The van der Waals surface area contributed by atoms with Gasteiger partial charge in [0.2, 0.25) is 11.8 Å². The van der Waals surface area contributed by atoms with E-state index in [4.69, 9.17) is 15.8 Å². The molecule has 2 amide bonds. The topological polar surface area (TPSA) is 106 Å². The average molecular weight is 485 g/mol. The van der Waals surface area contributed by atoms with Gasteiger partial charge in [-0.2, -0.15) is 5.10 Å². The minimum absolute atomic E-state index is 0.0411. The van der Waals surface area contributed by atoms with Crippen molar-refractivity contribution in [3.05, 3.63) is 71.0 Å². The average Bonchev–Trinajstić information content (AvgIpc) is 3.24. The molecule has 36 heavy (non-hydrogen) atoms. The Morgan fingerprint density at radius 1 is 1.11 bits per heavy atom. The van der Waals surface area contributed by atoms with Gasteiger partial charge < -0.3 is 11.1 Å². The zero-order valence-electron chi connectivity index (χ0n) is 20.8. The molecule has 1 saturated heterocycles. The van der Waals surface area contributed by atoms with Gasteiger partial charge >= 0.3 is 0 Å². The summed E-state index contributed by atoms with van der Waals surface area (Å²) in [4.78, 5) is 31.7. The number of hydrogen-bond donors (Lipinski definition) is 2. The number of nitrogens with two attached hydrogens (primary N) is 1. The van der Waals surface area contributed by atoms with Gasteiger partial charge in [0.15, 0.2) is 5.65 Å². The van der Waals surface area contributed by atoms with E-state index in [0.717, 1.165) is 64.1 Å². The number of carbonyl (C=O) groups is 2. The Morgan fingerprint density at radius 2 is 1.89 bits per heavy atom. The van der Waals surface area contributed by atoms with Gasteiger partial charge in [0.1, 0.15) is 0 Å². The first-order chi connectivity index (χ1) is 17.4. The van der Waals surface area contributed by atoms with Crippen molar-refractivity contribution in [3.63, 3.8) is 0 Å². The summed E-state index contributed by atoms with van der Waals surface area (Å²) >= 11 is 0. The molecule has 4 aromatic rings. The number of rotatable bonds is 7. The predicted molar refractivity (Wildman–Crippen MR) is 141 cm³/mol. The number of carbonyl (C=O) groups excluding carboxylic acids is 2. The molecule has 1 fully saturated rings. The van der Waals surface area contributed by atoms with E-state index in [1.807, 2.05) is 66.9 Å². The second-order valence-corrected chi connectivity index (χ2v) is 9.70. The zero-order valence-corrected chi connectivity index (χ0v) is 20.8. The normalized spacial score (nSPS) is 16.4. The van der Waals surface area contributed by atoms with Crippen LogP contribution >= 0.6 is 0 Å². The molecule has 1 atom stereocenters. The Kier molecular flexibility index (Phi) is 6.69. The summed E-state index contributed by atoms with van der Waals surface area (Å²) in [5.74, 6) is -0.381. The van der Waals surface area contributed by atoms with Crippen molar-refractivity contribution in [1.29, 1.82) is 0 Å². The maximum atomic E-state index is 13.0. The Balaban J connectivity index is 1.28. The number of nitrogens with one attached hydrogen (secondary N) is 1. The van der Waals surface area contributed by atoms with Crippen LogP contribution in [0.25, 0.3) is 16.6 Å². The van der Waals surface area contributed by atoms with Gasteiger partial charge in [0.05, 0.1) is 11.4 Å². The Hall–Kier alpha value is -3.78. The second kappa shape index (κ2) is 10.1. The predicted octanol–water partition coefficient (Wildman–Crippen LogP) is 3.77. The summed E-state index contributed by atoms with van der Waals surface area (Å²) in [7, 11) is 0. The van der Waals surface area contributed by atoms with Gasteiger partial charge in [-0.25, -0.2) is 9.50 Å². The molecular formula is C28H32N6O2. The third-order valence-corrected chi connectivity index (χ3v) is 7.21. The van der Waals surface area contributed by atoms with Gasteiger partial charge in [-0.3, -0.25) is 14.5 Å². The van der Waals surface area contributed by atoms with E-state index in [-0.39, 0.29) is 17.7 Å². The van der Waals surface area contributed by atoms with Crippen molar-refractivity contribution in [2.45, 2.75) is 46.1 Å². The molecule has 3 heterocycles. The minimum Gasteiger partial charge on any atom is -0.369 e. The Labute approximate surface area is 210 Å². The number of anilines is 1. The summed E-state index contributed by atoms with van der Waals surface area (Å²) in [5, 5.41) is 8.84. The molecule has 1 aliphatic rings. The van der Waals surface area contributed by atoms with Crippen LogP contribution in [-0.2, 0) is 22.6 Å². The van der Waals surface area contributed by atoms with Gasteiger partial charge in [-0.15, -0.1) is 0 Å². The lowest BCUT2D eigenvalue weighted by molar-refractivity contribution is -0.123. The van der Waals surface area contributed by atoms with Crippen LogP contribution in [-0.4, -0.2) is 44.4 Å². The third-order valence-electron chi connectivity index (χ3n) is 7.21. The van der Waals surface area contributed by atoms with Gasteiger partial charge in [-0.1, -0.05) is 30.3 Å². The molecule has 0 aliphatic carbocycles. The molecular weight excluding hydrogens is 452 g/mol. The fourth-order valence-electron chi connectivity index (χ4n) is 5.24. The van der Waals surface area contributed by atoms with Crippen LogP contribution in [0.4, 0.5) is 5.69 Å². The number of piperidine rings is 1. The lowest BCUT2D eigenvalue weighted by atomic mass is 9.97. The molecule has 8 heteroatoms. The highest BCUT2D eigenvalue weighted by Crippen LogP contribution is 2.25. The van der Waals surface area contributed by atoms with E-state index in [1.165, 1.54) is 0 Å². The second-order valence-electron chi connectivity index (χ2n) is 9.70. The van der Waals surface area contributed by atoms with Crippen molar-refractivity contribution in [3.8, 4) is 0 Å². The maximum Gasteiger partial charge on any atom is 0.224 e. The maximum absolute atomic E-state index is 13.0. The van der Waals surface area contributed by atoms with Crippen molar-refractivity contribution in [2.75, 3.05) is 18.4 Å². The van der Waals surface area contributed by atoms with Crippen LogP contribution in [0.15, 0.2) is 48.5 Å². The molecule has 2 aromatic heterocycles. The van der Waals surface area contributed by atoms with Crippen molar-refractivity contribution >= 4 is 34.1 Å². The Morgan fingerprint density at radius 3 is 2.72 bits per heavy atom.